The fraction of sp³-hybridized carbons (Fsp3) is 1.00. The van der Waals surface area contributed by atoms with Crippen LogP contribution in [-0.2, 0) is 0 Å². The molecule has 0 spiro atoms. The Labute approximate surface area is 103 Å². The van der Waals surface area contributed by atoms with Gasteiger partial charge in [-0.1, -0.05) is 34.6 Å². The van der Waals surface area contributed by atoms with Gasteiger partial charge in [0.25, 0.3) is 0 Å². The zero-order valence-electron chi connectivity index (χ0n) is 12.0. The van der Waals surface area contributed by atoms with Crippen molar-refractivity contribution >= 4 is 0 Å². The number of nitrogens with one attached hydrogen (secondary N) is 2. The fourth-order valence-electron chi connectivity index (χ4n) is 1.83. The normalized spacial score (nSPS) is 12.0. The molecule has 0 aromatic carbocycles. The maximum atomic E-state index is 3.47. The molecule has 2 nitrogen and oxygen atoms in total. The van der Waals surface area contributed by atoms with E-state index in [1.54, 1.807) is 0 Å². The van der Waals surface area contributed by atoms with E-state index in [2.05, 4.69) is 45.3 Å². The molecule has 0 saturated carbocycles. The molecule has 0 atom stereocenters. The predicted octanol–water partition coefficient (Wildman–Crippen LogP) is 3.18. The highest BCUT2D eigenvalue weighted by atomic mass is 14.9. The Balaban J connectivity index is 3.21. The summed E-state index contributed by atoms with van der Waals surface area (Å²) in [5, 5.41) is 6.94. The van der Waals surface area contributed by atoms with Gasteiger partial charge in [-0.15, -0.1) is 0 Å². The smallest absolute Gasteiger partial charge is 0.00103 e. The number of hydrogen-bond acceptors (Lipinski definition) is 2. The van der Waals surface area contributed by atoms with Crippen LogP contribution >= 0.6 is 0 Å². The van der Waals surface area contributed by atoms with Gasteiger partial charge >= 0.3 is 0 Å². The van der Waals surface area contributed by atoms with Gasteiger partial charge in [0.05, 0.1) is 0 Å². The van der Waals surface area contributed by atoms with Crippen LogP contribution in [0.2, 0.25) is 0 Å². The van der Waals surface area contributed by atoms with Crippen molar-refractivity contribution in [1.29, 1.82) is 0 Å². The van der Waals surface area contributed by atoms with Crippen LogP contribution in [0, 0.1) is 5.92 Å². The van der Waals surface area contributed by atoms with E-state index in [1.165, 1.54) is 38.8 Å². The molecule has 0 radical (unpaired) electrons. The summed E-state index contributed by atoms with van der Waals surface area (Å²) in [5.74, 6) is 0.878. The Bertz CT molecular complexity index is 128. The van der Waals surface area contributed by atoms with Crippen LogP contribution in [0.1, 0.15) is 60.3 Å². The van der Waals surface area contributed by atoms with E-state index in [0.29, 0.717) is 12.1 Å². The second kappa shape index (κ2) is 10.1. The first-order valence-electron chi connectivity index (χ1n) is 6.99. The first-order chi connectivity index (χ1) is 7.52. The maximum Gasteiger partial charge on any atom is 0.00103 e. The summed E-state index contributed by atoms with van der Waals surface area (Å²) in [6.07, 6.45) is 5.36. The highest BCUT2D eigenvalue weighted by molar-refractivity contribution is 4.59. The molecule has 2 N–H and O–H groups in total. The molecule has 16 heavy (non-hydrogen) atoms. The molecule has 0 aliphatic rings. The van der Waals surface area contributed by atoms with Crippen molar-refractivity contribution in [2.45, 2.75) is 72.4 Å². The van der Waals surface area contributed by atoms with Gasteiger partial charge in [0.2, 0.25) is 0 Å². The standard InChI is InChI=1S/C14H32N2/c1-12(2)15-10-6-8-14(5)9-7-11-16-13(3)4/h12-16H,6-11H2,1-5H3. The Hall–Kier alpha value is -0.0800. The summed E-state index contributed by atoms with van der Waals surface area (Å²) in [7, 11) is 0. The van der Waals surface area contributed by atoms with Crippen LogP contribution in [-0.4, -0.2) is 25.2 Å². The first-order valence-corrected chi connectivity index (χ1v) is 6.99. The van der Waals surface area contributed by atoms with E-state index >= 15 is 0 Å². The minimum Gasteiger partial charge on any atom is -0.315 e. The highest BCUT2D eigenvalue weighted by Gasteiger charge is 2.02. The Morgan fingerprint density at radius 2 is 1.06 bits per heavy atom. The molecule has 0 aliphatic carbocycles. The lowest BCUT2D eigenvalue weighted by molar-refractivity contribution is 0.430. The van der Waals surface area contributed by atoms with Crippen LogP contribution in [0.3, 0.4) is 0 Å². The Kier molecular flexibility index (Phi) is 10.0. The molecular weight excluding hydrogens is 196 g/mol. The van der Waals surface area contributed by atoms with Crippen molar-refractivity contribution in [1.82, 2.24) is 10.6 Å². The average molecular weight is 228 g/mol. The van der Waals surface area contributed by atoms with Crippen LogP contribution in [0.5, 0.6) is 0 Å². The topological polar surface area (TPSA) is 24.1 Å². The lowest BCUT2D eigenvalue weighted by Gasteiger charge is -2.13. The maximum absolute atomic E-state index is 3.47. The quantitative estimate of drug-likeness (QED) is 0.561. The molecule has 0 bridgehead atoms. The fourth-order valence-corrected chi connectivity index (χ4v) is 1.83. The van der Waals surface area contributed by atoms with Crippen molar-refractivity contribution in [3.63, 3.8) is 0 Å². The van der Waals surface area contributed by atoms with Gasteiger partial charge in [-0.25, -0.2) is 0 Å². The summed E-state index contributed by atoms with van der Waals surface area (Å²) in [6, 6.07) is 1.26. The van der Waals surface area contributed by atoms with Gasteiger partial charge in [-0.2, -0.15) is 0 Å². The Morgan fingerprint density at radius 1 is 0.688 bits per heavy atom. The minimum absolute atomic E-state index is 0.630. The van der Waals surface area contributed by atoms with Crippen molar-refractivity contribution in [2.24, 2.45) is 5.92 Å². The molecule has 98 valence electrons. The van der Waals surface area contributed by atoms with Crippen molar-refractivity contribution < 1.29 is 0 Å². The molecule has 0 aromatic rings. The lowest BCUT2D eigenvalue weighted by Crippen LogP contribution is -2.24. The molecule has 0 saturated heterocycles. The molecule has 0 rings (SSSR count). The van der Waals surface area contributed by atoms with Gasteiger partial charge in [0.15, 0.2) is 0 Å². The Morgan fingerprint density at radius 3 is 1.38 bits per heavy atom. The highest BCUT2D eigenvalue weighted by Crippen LogP contribution is 2.11. The van der Waals surface area contributed by atoms with E-state index in [0.717, 1.165) is 5.92 Å². The van der Waals surface area contributed by atoms with Gasteiger partial charge in [-0.3, -0.25) is 0 Å². The van der Waals surface area contributed by atoms with Gasteiger partial charge in [-0.05, 0) is 44.7 Å². The molecular formula is C14H32N2. The molecule has 0 fully saturated rings. The third-order valence-corrected chi connectivity index (χ3v) is 2.85. The van der Waals surface area contributed by atoms with Crippen LogP contribution < -0.4 is 10.6 Å². The molecule has 0 aliphatic heterocycles. The summed E-state index contributed by atoms with van der Waals surface area (Å²) in [5.41, 5.74) is 0. The van der Waals surface area contributed by atoms with E-state index < -0.39 is 0 Å². The summed E-state index contributed by atoms with van der Waals surface area (Å²) in [4.78, 5) is 0. The molecule has 2 heteroatoms. The molecule has 0 aromatic heterocycles. The first kappa shape index (κ1) is 15.9. The monoisotopic (exact) mass is 228 g/mol. The van der Waals surface area contributed by atoms with Crippen LogP contribution in [0.4, 0.5) is 0 Å². The predicted molar refractivity (Wildman–Crippen MR) is 73.9 cm³/mol. The third-order valence-electron chi connectivity index (χ3n) is 2.85. The van der Waals surface area contributed by atoms with Crippen LogP contribution in [0.25, 0.3) is 0 Å². The molecule has 0 amide bonds. The average Bonchev–Trinajstić information content (AvgIpc) is 2.19. The summed E-state index contributed by atoms with van der Waals surface area (Å²) in [6.45, 7) is 13.6. The van der Waals surface area contributed by atoms with Gasteiger partial charge in [0.1, 0.15) is 0 Å². The van der Waals surface area contributed by atoms with Gasteiger partial charge in [0, 0.05) is 12.1 Å². The van der Waals surface area contributed by atoms with E-state index in [9.17, 15) is 0 Å². The van der Waals surface area contributed by atoms with Crippen LogP contribution in [0.15, 0.2) is 0 Å². The summed E-state index contributed by atoms with van der Waals surface area (Å²) < 4.78 is 0. The largest absolute Gasteiger partial charge is 0.315 e. The minimum atomic E-state index is 0.630. The second-order valence-electron chi connectivity index (χ2n) is 5.61. The van der Waals surface area contributed by atoms with Gasteiger partial charge < -0.3 is 10.6 Å². The van der Waals surface area contributed by atoms with E-state index in [-0.39, 0.29) is 0 Å². The number of rotatable bonds is 10. The van der Waals surface area contributed by atoms with Crippen molar-refractivity contribution in [3.8, 4) is 0 Å². The van der Waals surface area contributed by atoms with E-state index in [1.807, 2.05) is 0 Å². The second-order valence-corrected chi connectivity index (χ2v) is 5.61. The SMILES string of the molecule is CC(CCCNC(C)C)CCCNC(C)C. The zero-order valence-corrected chi connectivity index (χ0v) is 12.0. The molecule has 0 heterocycles. The summed E-state index contributed by atoms with van der Waals surface area (Å²) >= 11 is 0. The zero-order chi connectivity index (χ0) is 12.4. The van der Waals surface area contributed by atoms with Crippen molar-refractivity contribution in [2.75, 3.05) is 13.1 Å². The lowest BCUT2D eigenvalue weighted by atomic mass is 10.00. The van der Waals surface area contributed by atoms with Crippen molar-refractivity contribution in [3.05, 3.63) is 0 Å². The third kappa shape index (κ3) is 12.0. The number of hydrogen-bond donors (Lipinski definition) is 2. The molecule has 0 unspecified atom stereocenters. The van der Waals surface area contributed by atoms with E-state index in [4.69, 9.17) is 0 Å².